The van der Waals surface area contributed by atoms with Crippen LogP contribution in [0.5, 0.6) is 0 Å². The Morgan fingerprint density at radius 3 is 2.85 bits per heavy atom. The van der Waals surface area contributed by atoms with Gasteiger partial charge in [0.15, 0.2) is 5.82 Å². The molecule has 5 nitrogen and oxygen atoms in total. The first-order chi connectivity index (χ1) is 6.36. The van der Waals surface area contributed by atoms with Gasteiger partial charge in [0.25, 0.3) is 5.56 Å². The van der Waals surface area contributed by atoms with Crippen LogP contribution >= 0.6 is 0 Å². The Morgan fingerprint density at radius 1 is 1.23 bits per heavy atom. The van der Waals surface area contributed by atoms with E-state index in [4.69, 9.17) is 0 Å². The molecule has 5 heteroatoms. The summed E-state index contributed by atoms with van der Waals surface area (Å²) in [5.74, 6) is 0.431. The highest BCUT2D eigenvalue weighted by atomic mass is 16.1. The molecule has 2 aromatic heterocycles. The molecule has 2 rings (SSSR count). The highest BCUT2D eigenvalue weighted by Crippen LogP contribution is 2.05. The van der Waals surface area contributed by atoms with E-state index in [0.717, 1.165) is 0 Å². The molecule has 0 aliphatic heterocycles. The fraction of sp³-hybridized carbons (Fsp3) is 0. The molecule has 2 aromatic rings. The van der Waals surface area contributed by atoms with Crippen LogP contribution in [0.2, 0.25) is 0 Å². The first kappa shape index (κ1) is 7.60. The van der Waals surface area contributed by atoms with Gasteiger partial charge in [0.1, 0.15) is 5.69 Å². The maximum Gasteiger partial charge on any atom is 0.251 e. The predicted octanol–water partition coefficient (Wildman–Crippen LogP) is 0.227. The second-order valence-corrected chi connectivity index (χ2v) is 2.39. The lowest BCUT2D eigenvalue weighted by molar-refractivity contribution is 1.00. The number of rotatable bonds is 1. The number of hydrogen-bond acceptors (Lipinski definition) is 4. The van der Waals surface area contributed by atoms with Gasteiger partial charge >= 0.3 is 0 Å². The lowest BCUT2D eigenvalue weighted by Gasteiger charge is -1.95. The van der Waals surface area contributed by atoms with E-state index in [-0.39, 0.29) is 5.56 Å². The average molecular weight is 174 g/mol. The quantitative estimate of drug-likeness (QED) is 0.671. The van der Waals surface area contributed by atoms with Crippen molar-refractivity contribution in [3.05, 3.63) is 40.9 Å². The van der Waals surface area contributed by atoms with Crippen molar-refractivity contribution in [2.24, 2.45) is 0 Å². The maximum absolute atomic E-state index is 10.9. The van der Waals surface area contributed by atoms with Crippen LogP contribution in [0.25, 0.3) is 11.5 Å². The minimum Gasteiger partial charge on any atom is -0.305 e. The number of hydrogen-bond donors (Lipinski definition) is 1. The molecule has 0 aliphatic rings. The Morgan fingerprint density at radius 2 is 2.15 bits per heavy atom. The number of H-pyrrole nitrogens is 1. The third-order valence-corrected chi connectivity index (χ3v) is 1.49. The molecule has 1 N–H and O–H groups in total. The summed E-state index contributed by atoms with van der Waals surface area (Å²) >= 11 is 0. The average Bonchev–Trinajstić information content (AvgIpc) is 2.19. The molecule has 0 spiro atoms. The zero-order valence-corrected chi connectivity index (χ0v) is 6.64. The molecule has 0 aromatic carbocycles. The van der Waals surface area contributed by atoms with E-state index in [1.165, 1.54) is 12.3 Å². The molecule has 0 amide bonds. The fourth-order valence-corrected chi connectivity index (χ4v) is 0.928. The molecule has 0 atom stereocenters. The summed E-state index contributed by atoms with van der Waals surface area (Å²) in [6, 6.07) is 4.81. The molecule has 0 aliphatic carbocycles. The van der Waals surface area contributed by atoms with Crippen molar-refractivity contribution < 1.29 is 0 Å². The van der Waals surface area contributed by atoms with E-state index < -0.39 is 0 Å². The van der Waals surface area contributed by atoms with Crippen molar-refractivity contribution in [1.82, 2.24) is 20.2 Å². The van der Waals surface area contributed by atoms with Gasteiger partial charge in [0, 0.05) is 18.5 Å². The molecule has 0 saturated heterocycles. The predicted molar refractivity (Wildman–Crippen MR) is 45.9 cm³/mol. The summed E-state index contributed by atoms with van der Waals surface area (Å²) in [6.45, 7) is 0. The second-order valence-electron chi connectivity index (χ2n) is 2.39. The zero-order valence-electron chi connectivity index (χ0n) is 6.64. The van der Waals surface area contributed by atoms with Crippen LogP contribution in [0.15, 0.2) is 35.4 Å². The number of aromatic nitrogens is 4. The van der Waals surface area contributed by atoms with Gasteiger partial charge in [-0.3, -0.25) is 4.79 Å². The fourth-order valence-electron chi connectivity index (χ4n) is 0.928. The minimum atomic E-state index is -0.198. The molecule has 64 valence electrons. The molecule has 2 heterocycles. The van der Waals surface area contributed by atoms with Crippen molar-refractivity contribution in [3.8, 4) is 11.5 Å². The normalized spacial score (nSPS) is 9.85. The molecule has 0 unspecified atom stereocenters. The summed E-state index contributed by atoms with van der Waals surface area (Å²) in [6.07, 6.45) is 2.99. The van der Waals surface area contributed by atoms with E-state index in [0.29, 0.717) is 11.5 Å². The Bertz CT molecular complexity index is 451. The zero-order chi connectivity index (χ0) is 9.10. The van der Waals surface area contributed by atoms with Crippen molar-refractivity contribution in [3.63, 3.8) is 0 Å². The Balaban J connectivity index is 2.54. The van der Waals surface area contributed by atoms with Crippen LogP contribution in [0.1, 0.15) is 0 Å². The van der Waals surface area contributed by atoms with E-state index in [2.05, 4.69) is 20.2 Å². The molecule has 0 bridgehead atoms. The largest absolute Gasteiger partial charge is 0.305 e. The van der Waals surface area contributed by atoms with E-state index in [1.54, 1.807) is 18.3 Å². The van der Waals surface area contributed by atoms with Gasteiger partial charge in [-0.25, -0.2) is 4.98 Å². The minimum absolute atomic E-state index is 0.198. The summed E-state index contributed by atoms with van der Waals surface area (Å²) in [5, 5.41) is 7.49. The van der Waals surface area contributed by atoms with Crippen LogP contribution in [-0.2, 0) is 0 Å². The van der Waals surface area contributed by atoms with Gasteiger partial charge in [0.05, 0.1) is 0 Å². The topological polar surface area (TPSA) is 71.5 Å². The third-order valence-electron chi connectivity index (χ3n) is 1.49. The summed E-state index contributed by atoms with van der Waals surface area (Å²) in [7, 11) is 0. The van der Waals surface area contributed by atoms with Crippen LogP contribution < -0.4 is 5.56 Å². The second kappa shape index (κ2) is 3.14. The highest BCUT2D eigenvalue weighted by Gasteiger charge is 1.99. The van der Waals surface area contributed by atoms with Crippen molar-refractivity contribution >= 4 is 0 Å². The lowest BCUT2D eigenvalue weighted by Crippen LogP contribution is -2.06. The highest BCUT2D eigenvalue weighted by molar-refractivity contribution is 5.46. The lowest BCUT2D eigenvalue weighted by atomic mass is 10.4. The van der Waals surface area contributed by atoms with Crippen LogP contribution in [0, 0.1) is 0 Å². The first-order valence-corrected chi connectivity index (χ1v) is 3.70. The van der Waals surface area contributed by atoms with Crippen LogP contribution in [-0.4, -0.2) is 20.2 Å². The van der Waals surface area contributed by atoms with E-state index >= 15 is 0 Å². The van der Waals surface area contributed by atoms with Gasteiger partial charge in [-0.2, -0.15) is 5.10 Å². The Hall–Kier alpha value is -2.04. The SMILES string of the molecule is O=c1ccnc(-c2cccnn2)[nH]1. The van der Waals surface area contributed by atoms with Gasteiger partial charge < -0.3 is 4.98 Å². The first-order valence-electron chi connectivity index (χ1n) is 3.70. The molecular formula is C8H6N4O. The summed E-state index contributed by atoms with van der Waals surface area (Å²) < 4.78 is 0. The number of nitrogens with one attached hydrogen (secondary N) is 1. The molecule has 0 fully saturated rings. The number of nitrogens with zero attached hydrogens (tertiary/aromatic N) is 3. The van der Waals surface area contributed by atoms with Crippen molar-refractivity contribution in [2.75, 3.05) is 0 Å². The van der Waals surface area contributed by atoms with Gasteiger partial charge in [-0.15, -0.1) is 5.10 Å². The van der Waals surface area contributed by atoms with Crippen molar-refractivity contribution in [1.29, 1.82) is 0 Å². The van der Waals surface area contributed by atoms with Crippen LogP contribution in [0.4, 0.5) is 0 Å². The smallest absolute Gasteiger partial charge is 0.251 e. The van der Waals surface area contributed by atoms with Crippen LogP contribution in [0.3, 0.4) is 0 Å². The van der Waals surface area contributed by atoms with Gasteiger partial charge in [-0.1, -0.05) is 0 Å². The maximum atomic E-state index is 10.9. The molecular weight excluding hydrogens is 168 g/mol. The molecule has 0 radical (unpaired) electrons. The number of aromatic amines is 1. The molecule has 0 saturated carbocycles. The standard InChI is InChI=1S/C8H6N4O/c13-7-3-5-9-8(11-7)6-2-1-4-10-12-6/h1-5H,(H,9,11,13). The third kappa shape index (κ3) is 1.58. The summed E-state index contributed by atoms with van der Waals surface area (Å²) in [4.78, 5) is 17.4. The molecule has 13 heavy (non-hydrogen) atoms. The Kier molecular flexibility index (Phi) is 1.84. The van der Waals surface area contributed by atoms with Gasteiger partial charge in [0.2, 0.25) is 0 Å². The van der Waals surface area contributed by atoms with E-state index in [9.17, 15) is 4.79 Å². The summed E-state index contributed by atoms with van der Waals surface area (Å²) in [5.41, 5.74) is 0.357. The Labute approximate surface area is 73.5 Å². The van der Waals surface area contributed by atoms with Crippen molar-refractivity contribution in [2.45, 2.75) is 0 Å². The van der Waals surface area contributed by atoms with E-state index in [1.807, 2.05) is 0 Å². The monoisotopic (exact) mass is 174 g/mol. The van der Waals surface area contributed by atoms with Gasteiger partial charge in [-0.05, 0) is 12.1 Å².